The van der Waals surface area contributed by atoms with Crippen molar-refractivity contribution in [2.75, 3.05) is 6.79 Å². The second-order valence-electron chi connectivity index (χ2n) is 6.62. The molecule has 29 heavy (non-hydrogen) atoms. The Kier molecular flexibility index (Phi) is 4.12. The topological polar surface area (TPSA) is 112 Å². The summed E-state index contributed by atoms with van der Waals surface area (Å²) in [6, 6.07) is 12.7. The van der Waals surface area contributed by atoms with E-state index in [0.29, 0.717) is 47.0 Å². The molecular weight excluding hydrogens is 376 g/mol. The number of ether oxygens (including phenoxy) is 2. The molecule has 1 N–H and O–H groups in total. The summed E-state index contributed by atoms with van der Waals surface area (Å²) in [4.78, 5) is 32.2. The standard InChI is InChI=1S/C20H16N4O5/c25-19-13-9-15-16(28-11-27-15)10-14(13)21-20(26)24(19)8-4-7-17-22-18(23-29-17)12-5-2-1-3-6-12/h1-3,5-6,9-10H,4,7-8,11H2,(H,21,26). The highest BCUT2D eigenvalue weighted by atomic mass is 16.7. The van der Waals surface area contributed by atoms with E-state index in [1.54, 1.807) is 12.1 Å². The molecule has 1 aliphatic heterocycles. The zero-order chi connectivity index (χ0) is 19.8. The summed E-state index contributed by atoms with van der Waals surface area (Å²) in [5, 5.41) is 4.35. The van der Waals surface area contributed by atoms with Crippen LogP contribution in [0.15, 0.2) is 56.6 Å². The van der Waals surface area contributed by atoms with Gasteiger partial charge in [0.1, 0.15) is 0 Å². The van der Waals surface area contributed by atoms with Crippen LogP contribution in [0, 0.1) is 0 Å². The van der Waals surface area contributed by atoms with Crippen molar-refractivity contribution >= 4 is 10.9 Å². The van der Waals surface area contributed by atoms with E-state index < -0.39 is 5.69 Å². The molecule has 1 aliphatic rings. The van der Waals surface area contributed by atoms with Crippen LogP contribution in [0.5, 0.6) is 11.5 Å². The Morgan fingerprint density at radius 3 is 2.69 bits per heavy atom. The predicted molar refractivity (Wildman–Crippen MR) is 103 cm³/mol. The van der Waals surface area contributed by atoms with Crippen molar-refractivity contribution in [1.29, 1.82) is 0 Å². The van der Waals surface area contributed by atoms with Crippen molar-refractivity contribution in [3.63, 3.8) is 0 Å². The van der Waals surface area contributed by atoms with Gasteiger partial charge < -0.3 is 19.0 Å². The van der Waals surface area contributed by atoms with Crippen LogP contribution in [-0.2, 0) is 13.0 Å². The SMILES string of the molecule is O=c1[nH]c2cc3c(cc2c(=O)n1CCCc1nc(-c2ccccc2)no1)OCO3. The van der Waals surface area contributed by atoms with Gasteiger partial charge in [-0.25, -0.2) is 4.79 Å². The number of nitrogens with one attached hydrogen (secondary N) is 1. The van der Waals surface area contributed by atoms with Crippen LogP contribution >= 0.6 is 0 Å². The lowest BCUT2D eigenvalue weighted by atomic mass is 10.2. The quantitative estimate of drug-likeness (QED) is 0.553. The maximum Gasteiger partial charge on any atom is 0.328 e. The Hall–Kier alpha value is -3.88. The van der Waals surface area contributed by atoms with Gasteiger partial charge in [-0.2, -0.15) is 4.98 Å². The molecule has 0 amide bonds. The molecular formula is C20H16N4O5. The third-order valence-corrected chi connectivity index (χ3v) is 4.75. The van der Waals surface area contributed by atoms with Gasteiger partial charge in [-0.05, 0) is 12.5 Å². The first-order valence-electron chi connectivity index (χ1n) is 9.13. The first kappa shape index (κ1) is 17.2. The Morgan fingerprint density at radius 2 is 1.86 bits per heavy atom. The molecule has 0 saturated carbocycles. The Labute approximate surface area is 163 Å². The number of rotatable bonds is 5. The average Bonchev–Trinajstić information content (AvgIpc) is 3.39. The summed E-state index contributed by atoms with van der Waals surface area (Å²) < 4.78 is 17.0. The van der Waals surface area contributed by atoms with Gasteiger partial charge in [0, 0.05) is 24.6 Å². The summed E-state index contributed by atoms with van der Waals surface area (Å²) in [5.41, 5.74) is 0.433. The molecule has 9 heteroatoms. The van der Waals surface area contributed by atoms with Crippen molar-refractivity contribution < 1.29 is 14.0 Å². The molecule has 5 rings (SSSR count). The van der Waals surface area contributed by atoms with Gasteiger partial charge in [-0.15, -0.1) is 0 Å². The first-order valence-corrected chi connectivity index (χ1v) is 9.13. The largest absolute Gasteiger partial charge is 0.454 e. The van der Waals surface area contributed by atoms with Gasteiger partial charge in [0.05, 0.1) is 10.9 Å². The molecule has 0 radical (unpaired) electrons. The molecule has 0 atom stereocenters. The van der Waals surface area contributed by atoms with Crippen LogP contribution in [0.1, 0.15) is 12.3 Å². The summed E-state index contributed by atoms with van der Waals surface area (Å²) in [7, 11) is 0. The molecule has 9 nitrogen and oxygen atoms in total. The van der Waals surface area contributed by atoms with Crippen LogP contribution in [0.4, 0.5) is 0 Å². The van der Waals surface area contributed by atoms with E-state index in [2.05, 4.69) is 15.1 Å². The van der Waals surface area contributed by atoms with Gasteiger partial charge in [-0.1, -0.05) is 35.5 Å². The van der Waals surface area contributed by atoms with Crippen molar-refractivity contribution in [2.24, 2.45) is 0 Å². The molecule has 0 fully saturated rings. The van der Waals surface area contributed by atoms with E-state index in [-0.39, 0.29) is 18.9 Å². The number of aromatic amines is 1. The zero-order valence-corrected chi connectivity index (χ0v) is 15.3. The molecule has 0 unspecified atom stereocenters. The van der Waals surface area contributed by atoms with Crippen LogP contribution < -0.4 is 20.7 Å². The normalized spacial score (nSPS) is 12.6. The smallest absolute Gasteiger partial charge is 0.328 e. The van der Waals surface area contributed by atoms with E-state index >= 15 is 0 Å². The molecule has 146 valence electrons. The fourth-order valence-electron chi connectivity index (χ4n) is 3.30. The minimum atomic E-state index is -0.475. The third kappa shape index (κ3) is 3.16. The zero-order valence-electron chi connectivity index (χ0n) is 15.3. The highest BCUT2D eigenvalue weighted by Crippen LogP contribution is 2.34. The first-order chi connectivity index (χ1) is 14.2. The van der Waals surface area contributed by atoms with Crippen LogP contribution in [-0.4, -0.2) is 26.5 Å². The number of benzene rings is 2. The van der Waals surface area contributed by atoms with Gasteiger partial charge in [0.25, 0.3) is 5.56 Å². The summed E-state index contributed by atoms with van der Waals surface area (Å²) >= 11 is 0. The number of hydrogen-bond acceptors (Lipinski definition) is 7. The number of aryl methyl sites for hydroxylation is 1. The predicted octanol–water partition coefficient (Wildman–Crippen LogP) is 2.10. The van der Waals surface area contributed by atoms with Crippen molar-refractivity contribution in [2.45, 2.75) is 19.4 Å². The lowest BCUT2D eigenvalue weighted by Gasteiger charge is -2.06. The second-order valence-corrected chi connectivity index (χ2v) is 6.62. The highest BCUT2D eigenvalue weighted by Gasteiger charge is 2.17. The van der Waals surface area contributed by atoms with Crippen molar-refractivity contribution in [1.82, 2.24) is 19.7 Å². The van der Waals surface area contributed by atoms with Crippen molar-refractivity contribution in [3.8, 4) is 22.9 Å². The molecule has 3 heterocycles. The van der Waals surface area contributed by atoms with E-state index in [0.717, 1.165) is 5.56 Å². The van der Waals surface area contributed by atoms with Gasteiger partial charge in [-0.3, -0.25) is 9.36 Å². The van der Waals surface area contributed by atoms with E-state index in [9.17, 15) is 9.59 Å². The summed E-state index contributed by atoms with van der Waals surface area (Å²) in [5.74, 6) is 1.97. The van der Waals surface area contributed by atoms with Crippen LogP contribution in [0.2, 0.25) is 0 Å². The van der Waals surface area contributed by atoms with E-state index in [4.69, 9.17) is 14.0 Å². The van der Waals surface area contributed by atoms with Crippen molar-refractivity contribution in [3.05, 3.63) is 69.2 Å². The molecule has 2 aromatic heterocycles. The molecule has 0 bridgehead atoms. The Bertz CT molecular complexity index is 1310. The Balaban J connectivity index is 1.35. The van der Waals surface area contributed by atoms with Crippen LogP contribution in [0.25, 0.3) is 22.3 Å². The maximum absolute atomic E-state index is 12.8. The number of fused-ring (bicyclic) bond motifs is 2. The fraction of sp³-hybridized carbons (Fsp3) is 0.200. The second kappa shape index (κ2) is 6.93. The Morgan fingerprint density at radius 1 is 1.07 bits per heavy atom. The van der Waals surface area contributed by atoms with Crippen LogP contribution in [0.3, 0.4) is 0 Å². The van der Waals surface area contributed by atoms with Gasteiger partial charge >= 0.3 is 5.69 Å². The third-order valence-electron chi connectivity index (χ3n) is 4.75. The molecule has 0 saturated heterocycles. The van der Waals surface area contributed by atoms with E-state index in [1.807, 2.05) is 30.3 Å². The minimum Gasteiger partial charge on any atom is -0.454 e. The summed E-state index contributed by atoms with van der Waals surface area (Å²) in [6.07, 6.45) is 0.945. The fourth-order valence-corrected chi connectivity index (χ4v) is 3.30. The van der Waals surface area contributed by atoms with Gasteiger partial charge in [0.15, 0.2) is 11.5 Å². The number of hydrogen-bond donors (Lipinski definition) is 1. The molecule has 4 aromatic rings. The monoisotopic (exact) mass is 392 g/mol. The number of aromatic nitrogens is 4. The molecule has 2 aromatic carbocycles. The number of H-pyrrole nitrogens is 1. The highest BCUT2D eigenvalue weighted by molar-refractivity contribution is 5.81. The average molecular weight is 392 g/mol. The molecule has 0 spiro atoms. The van der Waals surface area contributed by atoms with Gasteiger partial charge in [0.2, 0.25) is 18.5 Å². The number of nitrogens with zero attached hydrogens (tertiary/aromatic N) is 3. The minimum absolute atomic E-state index is 0.0965. The molecule has 0 aliphatic carbocycles. The van der Waals surface area contributed by atoms with E-state index in [1.165, 1.54) is 4.57 Å². The summed E-state index contributed by atoms with van der Waals surface area (Å²) in [6.45, 7) is 0.320. The lowest BCUT2D eigenvalue weighted by molar-refractivity contribution is 0.174. The lowest BCUT2D eigenvalue weighted by Crippen LogP contribution is -2.35. The maximum atomic E-state index is 12.8.